The monoisotopic (exact) mass is 236 g/mol. The van der Waals surface area contributed by atoms with Gasteiger partial charge in [-0.1, -0.05) is 6.92 Å². The van der Waals surface area contributed by atoms with Crippen molar-refractivity contribution >= 4 is 11.3 Å². The Morgan fingerprint density at radius 2 is 2.44 bits per heavy atom. The molecule has 0 aliphatic rings. The molecule has 5 heteroatoms. The molecule has 16 heavy (non-hydrogen) atoms. The molecule has 0 saturated heterocycles. The minimum Gasteiger partial charge on any atom is -0.305 e. The third kappa shape index (κ3) is 2.68. The summed E-state index contributed by atoms with van der Waals surface area (Å²) >= 11 is 1.73. The number of hydrogen-bond acceptors (Lipinski definition) is 4. The van der Waals surface area contributed by atoms with Gasteiger partial charge in [0, 0.05) is 29.7 Å². The summed E-state index contributed by atoms with van der Waals surface area (Å²) in [6.07, 6.45) is 4.75. The normalized spacial score (nSPS) is 12.9. The minimum absolute atomic E-state index is 0.284. The molecule has 0 bridgehead atoms. The van der Waals surface area contributed by atoms with E-state index in [1.807, 2.05) is 12.4 Å². The summed E-state index contributed by atoms with van der Waals surface area (Å²) in [5.41, 5.74) is 2.29. The van der Waals surface area contributed by atoms with E-state index in [9.17, 15) is 0 Å². The van der Waals surface area contributed by atoms with Gasteiger partial charge >= 0.3 is 0 Å². The van der Waals surface area contributed by atoms with Gasteiger partial charge in [-0.3, -0.25) is 5.10 Å². The first-order chi connectivity index (χ1) is 7.79. The van der Waals surface area contributed by atoms with Crippen LogP contribution in [0.2, 0.25) is 0 Å². The smallest absolute Gasteiger partial charge is 0.0926 e. The lowest BCUT2D eigenvalue weighted by Crippen LogP contribution is -2.18. The predicted molar refractivity (Wildman–Crippen MR) is 65.3 cm³/mol. The number of thiazole rings is 1. The second kappa shape index (κ2) is 5.23. The standard InChI is InChI=1S/C11H16N4S/c1-3-11-15-10(7-16-11)8(2)12-4-9-5-13-14-6-9/h5-8,12H,3-4H2,1-2H3,(H,13,14). The van der Waals surface area contributed by atoms with E-state index in [0.717, 1.165) is 24.2 Å². The van der Waals surface area contributed by atoms with Gasteiger partial charge in [0.25, 0.3) is 0 Å². The van der Waals surface area contributed by atoms with E-state index in [1.165, 1.54) is 5.01 Å². The van der Waals surface area contributed by atoms with E-state index in [-0.39, 0.29) is 6.04 Å². The number of aryl methyl sites for hydroxylation is 1. The Morgan fingerprint density at radius 3 is 3.06 bits per heavy atom. The highest BCUT2D eigenvalue weighted by Crippen LogP contribution is 2.17. The number of nitrogens with one attached hydrogen (secondary N) is 2. The fraction of sp³-hybridized carbons (Fsp3) is 0.455. The van der Waals surface area contributed by atoms with Crippen LogP contribution >= 0.6 is 11.3 Å². The number of aromatic nitrogens is 3. The molecule has 2 aromatic heterocycles. The van der Waals surface area contributed by atoms with Gasteiger partial charge in [-0.15, -0.1) is 11.3 Å². The number of nitrogens with zero attached hydrogens (tertiary/aromatic N) is 2. The molecule has 0 aromatic carbocycles. The highest BCUT2D eigenvalue weighted by atomic mass is 32.1. The predicted octanol–water partition coefficient (Wildman–Crippen LogP) is 2.28. The molecule has 0 spiro atoms. The molecule has 0 aliphatic carbocycles. The summed E-state index contributed by atoms with van der Waals surface area (Å²) in [6.45, 7) is 5.08. The molecule has 0 fully saturated rings. The third-order valence-electron chi connectivity index (χ3n) is 2.48. The van der Waals surface area contributed by atoms with Crippen LogP contribution in [-0.4, -0.2) is 15.2 Å². The fourth-order valence-electron chi connectivity index (χ4n) is 1.44. The van der Waals surface area contributed by atoms with E-state index < -0.39 is 0 Å². The molecule has 2 rings (SSSR count). The Bertz CT molecular complexity index is 421. The quantitative estimate of drug-likeness (QED) is 0.837. The zero-order valence-electron chi connectivity index (χ0n) is 9.53. The maximum absolute atomic E-state index is 4.56. The Morgan fingerprint density at radius 1 is 1.56 bits per heavy atom. The van der Waals surface area contributed by atoms with E-state index in [2.05, 4.69) is 39.7 Å². The molecule has 0 saturated carbocycles. The van der Waals surface area contributed by atoms with Crippen molar-refractivity contribution < 1.29 is 0 Å². The van der Waals surface area contributed by atoms with Crippen LogP contribution in [-0.2, 0) is 13.0 Å². The molecular weight excluding hydrogens is 220 g/mol. The number of H-pyrrole nitrogens is 1. The lowest BCUT2D eigenvalue weighted by atomic mass is 10.2. The first-order valence-corrected chi connectivity index (χ1v) is 6.33. The Balaban J connectivity index is 1.90. The molecule has 2 N–H and O–H groups in total. The van der Waals surface area contributed by atoms with Gasteiger partial charge in [-0.25, -0.2) is 4.98 Å². The van der Waals surface area contributed by atoms with Crippen LogP contribution in [0.3, 0.4) is 0 Å². The van der Waals surface area contributed by atoms with Crippen molar-refractivity contribution in [2.45, 2.75) is 32.9 Å². The SMILES string of the molecule is CCc1nc(C(C)NCc2cn[nH]c2)cs1. The second-order valence-electron chi connectivity index (χ2n) is 3.73. The summed E-state index contributed by atoms with van der Waals surface area (Å²) in [4.78, 5) is 4.56. The Hall–Kier alpha value is -1.20. The Labute approximate surface area is 99.1 Å². The lowest BCUT2D eigenvalue weighted by molar-refractivity contribution is 0.563. The maximum Gasteiger partial charge on any atom is 0.0926 e. The molecule has 2 heterocycles. The first kappa shape index (κ1) is 11.3. The van der Waals surface area contributed by atoms with E-state index >= 15 is 0 Å². The maximum atomic E-state index is 4.56. The lowest BCUT2D eigenvalue weighted by Gasteiger charge is -2.09. The zero-order chi connectivity index (χ0) is 11.4. The molecular formula is C11H16N4S. The van der Waals surface area contributed by atoms with Crippen molar-refractivity contribution in [2.24, 2.45) is 0 Å². The first-order valence-electron chi connectivity index (χ1n) is 5.45. The largest absolute Gasteiger partial charge is 0.305 e. The van der Waals surface area contributed by atoms with Gasteiger partial charge in [0.15, 0.2) is 0 Å². The topological polar surface area (TPSA) is 53.6 Å². The van der Waals surface area contributed by atoms with Crippen molar-refractivity contribution in [3.63, 3.8) is 0 Å². The van der Waals surface area contributed by atoms with Crippen LogP contribution in [0.1, 0.15) is 36.2 Å². The van der Waals surface area contributed by atoms with Crippen LogP contribution < -0.4 is 5.32 Å². The summed E-state index contributed by atoms with van der Waals surface area (Å²) in [5.74, 6) is 0. The van der Waals surface area contributed by atoms with Gasteiger partial charge < -0.3 is 5.32 Å². The number of hydrogen-bond donors (Lipinski definition) is 2. The summed E-state index contributed by atoms with van der Waals surface area (Å²) in [7, 11) is 0. The highest BCUT2D eigenvalue weighted by Gasteiger charge is 2.08. The van der Waals surface area contributed by atoms with Gasteiger partial charge in [-0.05, 0) is 13.3 Å². The number of aromatic amines is 1. The highest BCUT2D eigenvalue weighted by molar-refractivity contribution is 7.09. The van der Waals surface area contributed by atoms with Crippen LogP contribution in [0, 0.1) is 0 Å². The summed E-state index contributed by atoms with van der Waals surface area (Å²) in [5, 5.41) is 13.5. The third-order valence-corrected chi connectivity index (χ3v) is 3.49. The van der Waals surface area contributed by atoms with Gasteiger partial charge in [0.05, 0.1) is 16.9 Å². The van der Waals surface area contributed by atoms with Crippen molar-refractivity contribution in [3.05, 3.63) is 34.0 Å². The molecule has 0 aliphatic heterocycles. The molecule has 0 amide bonds. The summed E-state index contributed by atoms with van der Waals surface area (Å²) < 4.78 is 0. The van der Waals surface area contributed by atoms with Crippen molar-refractivity contribution in [1.82, 2.24) is 20.5 Å². The van der Waals surface area contributed by atoms with Crippen LogP contribution in [0.4, 0.5) is 0 Å². The van der Waals surface area contributed by atoms with E-state index in [0.29, 0.717) is 0 Å². The van der Waals surface area contributed by atoms with Crippen LogP contribution in [0.5, 0.6) is 0 Å². The molecule has 1 unspecified atom stereocenters. The van der Waals surface area contributed by atoms with Crippen LogP contribution in [0.15, 0.2) is 17.8 Å². The molecule has 86 valence electrons. The van der Waals surface area contributed by atoms with Gasteiger partial charge in [-0.2, -0.15) is 5.10 Å². The fourth-order valence-corrected chi connectivity index (χ4v) is 2.27. The van der Waals surface area contributed by atoms with Crippen molar-refractivity contribution in [1.29, 1.82) is 0 Å². The van der Waals surface area contributed by atoms with Crippen molar-refractivity contribution in [3.8, 4) is 0 Å². The summed E-state index contributed by atoms with van der Waals surface area (Å²) in [6, 6.07) is 0.284. The second-order valence-corrected chi connectivity index (χ2v) is 4.67. The molecule has 0 radical (unpaired) electrons. The van der Waals surface area contributed by atoms with E-state index in [4.69, 9.17) is 0 Å². The average Bonchev–Trinajstić information content (AvgIpc) is 2.96. The average molecular weight is 236 g/mol. The molecule has 4 nitrogen and oxygen atoms in total. The Kier molecular flexibility index (Phi) is 3.69. The van der Waals surface area contributed by atoms with Gasteiger partial charge in [0.2, 0.25) is 0 Å². The van der Waals surface area contributed by atoms with Gasteiger partial charge in [0.1, 0.15) is 0 Å². The minimum atomic E-state index is 0.284. The zero-order valence-corrected chi connectivity index (χ0v) is 10.3. The number of rotatable bonds is 5. The molecule has 2 aromatic rings. The van der Waals surface area contributed by atoms with Crippen LogP contribution in [0.25, 0.3) is 0 Å². The molecule has 1 atom stereocenters. The van der Waals surface area contributed by atoms with Crippen molar-refractivity contribution in [2.75, 3.05) is 0 Å². The van der Waals surface area contributed by atoms with E-state index in [1.54, 1.807) is 11.3 Å².